The van der Waals surface area contributed by atoms with E-state index in [1.54, 1.807) is 11.1 Å². The Labute approximate surface area is 132 Å². The molecule has 21 heavy (non-hydrogen) atoms. The van der Waals surface area contributed by atoms with Crippen molar-refractivity contribution < 1.29 is 0 Å². The maximum absolute atomic E-state index is 2.45. The van der Waals surface area contributed by atoms with Gasteiger partial charge >= 0.3 is 0 Å². The fourth-order valence-electron chi connectivity index (χ4n) is 4.48. The van der Waals surface area contributed by atoms with Crippen LogP contribution in [-0.4, -0.2) is 0 Å². The molecule has 0 heteroatoms. The van der Waals surface area contributed by atoms with Gasteiger partial charge in [0.2, 0.25) is 0 Å². The van der Waals surface area contributed by atoms with Gasteiger partial charge in [-0.1, -0.05) is 83.6 Å². The highest BCUT2D eigenvalue weighted by molar-refractivity contribution is 5.41. The molecule has 0 N–H and O–H groups in total. The van der Waals surface area contributed by atoms with Gasteiger partial charge in [-0.25, -0.2) is 0 Å². The van der Waals surface area contributed by atoms with Crippen LogP contribution in [-0.2, 0) is 11.8 Å². The van der Waals surface area contributed by atoms with Crippen LogP contribution in [0, 0.1) is 5.92 Å². The lowest BCUT2D eigenvalue weighted by molar-refractivity contribution is 0.225. The Kier molecular flexibility index (Phi) is 6.33. The van der Waals surface area contributed by atoms with Gasteiger partial charge < -0.3 is 0 Å². The molecule has 0 saturated heterocycles. The maximum atomic E-state index is 2.45. The summed E-state index contributed by atoms with van der Waals surface area (Å²) in [5.41, 5.74) is 3.87. The molecule has 1 aliphatic rings. The van der Waals surface area contributed by atoms with E-state index >= 15 is 0 Å². The van der Waals surface area contributed by atoms with E-state index in [1.165, 1.54) is 64.2 Å². The van der Waals surface area contributed by atoms with E-state index in [0.717, 1.165) is 5.92 Å². The number of rotatable bonds is 9. The van der Waals surface area contributed by atoms with Gasteiger partial charge in [-0.3, -0.25) is 0 Å². The van der Waals surface area contributed by atoms with Gasteiger partial charge in [-0.15, -0.1) is 0 Å². The summed E-state index contributed by atoms with van der Waals surface area (Å²) in [6.45, 7) is 7.02. The average molecular weight is 287 g/mol. The van der Waals surface area contributed by atoms with Gasteiger partial charge in [-0.05, 0) is 48.1 Å². The van der Waals surface area contributed by atoms with Crippen molar-refractivity contribution in [3.05, 3.63) is 35.4 Å². The molecule has 1 aliphatic carbocycles. The first-order valence-electron chi connectivity index (χ1n) is 9.36. The van der Waals surface area contributed by atoms with Gasteiger partial charge in [-0.2, -0.15) is 0 Å². The summed E-state index contributed by atoms with van der Waals surface area (Å²) in [7, 11) is 0. The van der Waals surface area contributed by atoms with Crippen molar-refractivity contribution in [2.24, 2.45) is 5.92 Å². The molecule has 0 radical (unpaired) electrons. The first kappa shape index (κ1) is 16.6. The standard InChI is InChI=1S/C21H34/c1-4-7-13-19-17-18-12-10-11-14-20(18)21(19,15-8-5-2)16-9-6-3/h10-12,14,19H,4-9,13,15-17H2,1-3H3. The molecule has 0 nitrogen and oxygen atoms in total. The van der Waals surface area contributed by atoms with Crippen molar-refractivity contribution >= 4 is 0 Å². The highest BCUT2D eigenvalue weighted by atomic mass is 14.5. The van der Waals surface area contributed by atoms with Gasteiger partial charge in [0.1, 0.15) is 0 Å². The van der Waals surface area contributed by atoms with Crippen LogP contribution in [0.1, 0.15) is 89.7 Å². The number of hydrogen-bond acceptors (Lipinski definition) is 0. The quantitative estimate of drug-likeness (QED) is 0.475. The first-order valence-corrected chi connectivity index (χ1v) is 9.36. The normalized spacial score (nSPS) is 19.7. The topological polar surface area (TPSA) is 0 Å². The van der Waals surface area contributed by atoms with E-state index in [-0.39, 0.29) is 0 Å². The van der Waals surface area contributed by atoms with Gasteiger partial charge in [0.05, 0.1) is 0 Å². The minimum atomic E-state index is 0.498. The zero-order valence-electron chi connectivity index (χ0n) is 14.5. The van der Waals surface area contributed by atoms with Crippen molar-refractivity contribution in [2.75, 3.05) is 0 Å². The second-order valence-electron chi connectivity index (χ2n) is 7.06. The summed E-state index contributed by atoms with van der Waals surface area (Å²) in [5.74, 6) is 0.896. The van der Waals surface area contributed by atoms with E-state index in [9.17, 15) is 0 Å². The molecule has 0 amide bonds. The lowest BCUT2D eigenvalue weighted by atomic mass is 9.66. The monoisotopic (exact) mass is 286 g/mol. The predicted molar refractivity (Wildman–Crippen MR) is 93.9 cm³/mol. The highest BCUT2D eigenvalue weighted by Gasteiger charge is 2.44. The summed E-state index contributed by atoms with van der Waals surface area (Å²) >= 11 is 0. The van der Waals surface area contributed by atoms with E-state index in [2.05, 4.69) is 45.0 Å². The zero-order chi connectivity index (χ0) is 15.1. The highest BCUT2D eigenvalue weighted by Crippen LogP contribution is 2.51. The summed E-state index contributed by atoms with van der Waals surface area (Å²) in [4.78, 5) is 0. The SMILES string of the molecule is CCCCC1Cc2ccccc2C1(CCCC)CCCC. The van der Waals surface area contributed by atoms with Gasteiger partial charge in [0.25, 0.3) is 0 Å². The fraction of sp³-hybridized carbons (Fsp3) is 0.714. The number of unbranched alkanes of at least 4 members (excludes halogenated alkanes) is 3. The predicted octanol–water partition coefficient (Wildman–Crippen LogP) is 6.67. The Morgan fingerprint density at radius 3 is 2.14 bits per heavy atom. The van der Waals surface area contributed by atoms with E-state index in [0.29, 0.717) is 5.41 Å². The van der Waals surface area contributed by atoms with Crippen LogP contribution in [0.4, 0.5) is 0 Å². The Morgan fingerprint density at radius 1 is 0.905 bits per heavy atom. The molecule has 0 heterocycles. The lowest BCUT2D eigenvalue weighted by Gasteiger charge is -2.37. The number of hydrogen-bond donors (Lipinski definition) is 0. The molecule has 2 rings (SSSR count). The van der Waals surface area contributed by atoms with E-state index < -0.39 is 0 Å². The molecular formula is C21H34. The third-order valence-corrected chi connectivity index (χ3v) is 5.66. The van der Waals surface area contributed by atoms with Gasteiger partial charge in [0, 0.05) is 0 Å². The Hall–Kier alpha value is -0.780. The van der Waals surface area contributed by atoms with Crippen molar-refractivity contribution in [3.8, 4) is 0 Å². The molecule has 0 fully saturated rings. The number of fused-ring (bicyclic) bond motifs is 1. The van der Waals surface area contributed by atoms with Crippen LogP contribution in [0.15, 0.2) is 24.3 Å². The fourth-order valence-corrected chi connectivity index (χ4v) is 4.48. The van der Waals surface area contributed by atoms with Crippen molar-refractivity contribution in [1.29, 1.82) is 0 Å². The van der Waals surface area contributed by atoms with Gasteiger partial charge in [0.15, 0.2) is 0 Å². The largest absolute Gasteiger partial charge is 0.0654 e. The molecule has 118 valence electrons. The minimum absolute atomic E-state index is 0.498. The summed E-state index contributed by atoms with van der Waals surface area (Å²) in [6, 6.07) is 9.36. The molecule has 1 atom stereocenters. The Morgan fingerprint density at radius 2 is 1.52 bits per heavy atom. The molecule has 1 aromatic carbocycles. The summed E-state index contributed by atoms with van der Waals surface area (Å²) in [6.07, 6.45) is 13.8. The Bertz CT molecular complexity index is 410. The molecule has 0 saturated carbocycles. The molecule has 0 spiro atoms. The van der Waals surface area contributed by atoms with Crippen LogP contribution in [0.5, 0.6) is 0 Å². The molecule has 1 unspecified atom stereocenters. The summed E-state index contributed by atoms with van der Waals surface area (Å²) in [5, 5.41) is 0. The smallest absolute Gasteiger partial charge is 0.00129 e. The Balaban J connectivity index is 2.31. The van der Waals surface area contributed by atoms with Crippen molar-refractivity contribution in [1.82, 2.24) is 0 Å². The van der Waals surface area contributed by atoms with Crippen molar-refractivity contribution in [2.45, 2.75) is 90.4 Å². The van der Waals surface area contributed by atoms with Crippen LogP contribution in [0.25, 0.3) is 0 Å². The van der Waals surface area contributed by atoms with Crippen molar-refractivity contribution in [3.63, 3.8) is 0 Å². The molecule has 1 aromatic rings. The molecule has 0 bridgehead atoms. The van der Waals surface area contributed by atoms with E-state index in [1.807, 2.05) is 0 Å². The molecule has 0 aliphatic heterocycles. The third kappa shape index (κ3) is 3.52. The van der Waals surface area contributed by atoms with Crippen LogP contribution < -0.4 is 0 Å². The molecule has 0 aromatic heterocycles. The van der Waals surface area contributed by atoms with E-state index in [4.69, 9.17) is 0 Å². The third-order valence-electron chi connectivity index (χ3n) is 5.66. The zero-order valence-corrected chi connectivity index (χ0v) is 14.5. The molecular weight excluding hydrogens is 252 g/mol. The average Bonchev–Trinajstić information content (AvgIpc) is 2.83. The van der Waals surface area contributed by atoms with Crippen LogP contribution >= 0.6 is 0 Å². The van der Waals surface area contributed by atoms with Crippen LogP contribution in [0.2, 0.25) is 0 Å². The summed E-state index contributed by atoms with van der Waals surface area (Å²) < 4.78 is 0. The lowest BCUT2D eigenvalue weighted by Crippen LogP contribution is -2.32. The van der Waals surface area contributed by atoms with Crippen LogP contribution in [0.3, 0.4) is 0 Å². The first-order chi connectivity index (χ1) is 10.3. The number of benzene rings is 1. The second-order valence-corrected chi connectivity index (χ2v) is 7.06. The minimum Gasteiger partial charge on any atom is -0.0654 e. The maximum Gasteiger partial charge on any atom is -0.00129 e. The second kappa shape index (κ2) is 8.01.